The maximum absolute atomic E-state index is 3.64. The minimum absolute atomic E-state index is 0.492. The van der Waals surface area contributed by atoms with Crippen molar-refractivity contribution in [3.05, 3.63) is 23.3 Å². The predicted octanol–water partition coefficient (Wildman–Crippen LogP) is 4.98. The highest BCUT2D eigenvalue weighted by Gasteiger charge is 2.17. The average molecular weight is 262 g/mol. The summed E-state index contributed by atoms with van der Waals surface area (Å²) < 4.78 is 0. The summed E-state index contributed by atoms with van der Waals surface area (Å²) in [6, 6.07) is 5.77. The van der Waals surface area contributed by atoms with E-state index in [1.54, 1.807) is 0 Å². The lowest BCUT2D eigenvalue weighted by Crippen LogP contribution is -2.25. The first-order valence-corrected chi connectivity index (χ1v) is 7.76. The van der Waals surface area contributed by atoms with Gasteiger partial charge in [-0.05, 0) is 63.3 Å². The lowest BCUT2D eigenvalue weighted by molar-refractivity contribution is 0.614. The number of hydrogen-bond acceptors (Lipinski definition) is 2. The largest absolute Gasteiger partial charge is 0.383 e. The van der Waals surface area contributed by atoms with Crippen LogP contribution >= 0.6 is 0 Å². The second-order valence-electron chi connectivity index (χ2n) is 5.41. The smallest absolute Gasteiger partial charge is 0.0379 e. The van der Waals surface area contributed by atoms with Gasteiger partial charge in [-0.1, -0.05) is 20.8 Å². The second kappa shape index (κ2) is 7.42. The Labute approximate surface area is 119 Å². The molecule has 1 unspecified atom stereocenters. The molecule has 1 aliphatic rings. The van der Waals surface area contributed by atoms with Crippen LogP contribution in [-0.4, -0.2) is 12.1 Å². The fourth-order valence-corrected chi connectivity index (χ4v) is 2.49. The van der Waals surface area contributed by atoms with Crippen LogP contribution in [0.15, 0.2) is 12.1 Å². The van der Waals surface area contributed by atoms with Crippen molar-refractivity contribution in [1.82, 2.24) is 0 Å². The van der Waals surface area contributed by atoms with Gasteiger partial charge >= 0.3 is 0 Å². The number of nitrogens with one attached hydrogen (secondary N) is 2. The molecule has 2 nitrogen and oxygen atoms in total. The molecule has 0 fully saturated rings. The number of benzene rings is 1. The fraction of sp³-hybridized carbons (Fsp3) is 0.647. The third-order valence-electron chi connectivity index (χ3n) is 3.51. The van der Waals surface area contributed by atoms with Crippen molar-refractivity contribution in [2.75, 3.05) is 10.6 Å². The number of anilines is 2. The minimum atomic E-state index is 0.492. The number of rotatable bonds is 3. The second-order valence-corrected chi connectivity index (χ2v) is 5.41. The van der Waals surface area contributed by atoms with Gasteiger partial charge in [0.15, 0.2) is 0 Å². The summed E-state index contributed by atoms with van der Waals surface area (Å²) in [5, 5.41) is 7.16. The van der Waals surface area contributed by atoms with Crippen LogP contribution < -0.4 is 10.6 Å². The zero-order valence-electron chi connectivity index (χ0n) is 13.4. The molecule has 19 heavy (non-hydrogen) atoms. The van der Waals surface area contributed by atoms with Crippen LogP contribution in [0.4, 0.5) is 11.4 Å². The van der Waals surface area contributed by atoms with E-state index in [1.807, 2.05) is 13.8 Å². The highest BCUT2D eigenvalue weighted by atomic mass is 14.9. The van der Waals surface area contributed by atoms with Crippen LogP contribution in [0.3, 0.4) is 0 Å². The van der Waals surface area contributed by atoms with Crippen LogP contribution in [0.25, 0.3) is 0 Å². The molecule has 0 bridgehead atoms. The van der Waals surface area contributed by atoms with Gasteiger partial charge in [0.1, 0.15) is 0 Å². The van der Waals surface area contributed by atoms with E-state index < -0.39 is 0 Å². The maximum Gasteiger partial charge on any atom is 0.0379 e. The Balaban J connectivity index is 0.000000861. The van der Waals surface area contributed by atoms with Gasteiger partial charge in [-0.3, -0.25) is 0 Å². The number of fused-ring (bicyclic) bond motifs is 1. The van der Waals surface area contributed by atoms with Crippen LogP contribution in [0.5, 0.6) is 0 Å². The van der Waals surface area contributed by atoms with Gasteiger partial charge in [-0.2, -0.15) is 0 Å². The Morgan fingerprint density at radius 3 is 2.58 bits per heavy atom. The van der Waals surface area contributed by atoms with E-state index >= 15 is 0 Å². The monoisotopic (exact) mass is 262 g/mol. The van der Waals surface area contributed by atoms with Gasteiger partial charge in [0.25, 0.3) is 0 Å². The average Bonchev–Trinajstić information content (AvgIpc) is 2.41. The number of hydrogen-bond donors (Lipinski definition) is 2. The summed E-state index contributed by atoms with van der Waals surface area (Å²) in [5.74, 6) is 0. The summed E-state index contributed by atoms with van der Waals surface area (Å²) in [5.41, 5.74) is 5.43. The van der Waals surface area contributed by atoms with Crippen LogP contribution in [0.1, 0.15) is 58.6 Å². The predicted molar refractivity (Wildman–Crippen MR) is 87.3 cm³/mol. The van der Waals surface area contributed by atoms with Gasteiger partial charge in [0.2, 0.25) is 0 Å². The maximum atomic E-state index is 3.64. The van der Waals surface area contributed by atoms with Crippen molar-refractivity contribution < 1.29 is 0 Å². The summed E-state index contributed by atoms with van der Waals surface area (Å²) in [6.07, 6.45) is 3.67. The van der Waals surface area contributed by atoms with E-state index in [-0.39, 0.29) is 0 Å². The molecule has 2 rings (SSSR count). The van der Waals surface area contributed by atoms with Crippen molar-refractivity contribution in [2.24, 2.45) is 0 Å². The van der Waals surface area contributed by atoms with Crippen molar-refractivity contribution in [3.63, 3.8) is 0 Å². The lowest BCUT2D eigenvalue weighted by atomic mass is 9.94. The molecular weight excluding hydrogens is 232 g/mol. The Hall–Kier alpha value is -1.18. The molecule has 108 valence electrons. The SMILES string of the molecule is CC.CCC1CCc2cc(NC(C)C)c(C)cc2N1. The molecule has 0 spiro atoms. The van der Waals surface area contributed by atoms with Gasteiger partial charge in [-0.15, -0.1) is 0 Å². The molecule has 0 aromatic heterocycles. The van der Waals surface area contributed by atoms with E-state index in [9.17, 15) is 0 Å². The Kier molecular flexibility index (Phi) is 6.20. The molecule has 0 radical (unpaired) electrons. The fourth-order valence-electron chi connectivity index (χ4n) is 2.49. The lowest BCUT2D eigenvalue weighted by Gasteiger charge is -2.28. The zero-order valence-corrected chi connectivity index (χ0v) is 13.4. The zero-order chi connectivity index (χ0) is 14.4. The molecule has 2 heteroatoms. The molecule has 1 heterocycles. The molecule has 2 N–H and O–H groups in total. The van der Waals surface area contributed by atoms with Gasteiger partial charge in [-0.25, -0.2) is 0 Å². The standard InChI is InChI=1S/C15H24N2.C2H6/c1-5-13-7-6-12-9-14(16-10(2)3)11(4)8-15(12)17-13;1-2/h8-10,13,16-17H,5-7H2,1-4H3;1-2H3. The Morgan fingerprint density at radius 2 is 2.00 bits per heavy atom. The van der Waals surface area contributed by atoms with E-state index in [0.717, 1.165) is 0 Å². The summed E-state index contributed by atoms with van der Waals surface area (Å²) in [4.78, 5) is 0. The van der Waals surface area contributed by atoms with E-state index in [1.165, 1.54) is 41.8 Å². The van der Waals surface area contributed by atoms with Gasteiger partial charge in [0.05, 0.1) is 0 Å². The minimum Gasteiger partial charge on any atom is -0.383 e. The highest BCUT2D eigenvalue weighted by Crippen LogP contribution is 2.31. The molecule has 1 aliphatic heterocycles. The van der Waals surface area contributed by atoms with Crippen molar-refractivity contribution >= 4 is 11.4 Å². The van der Waals surface area contributed by atoms with Crippen LogP contribution in [0.2, 0.25) is 0 Å². The molecule has 0 aliphatic carbocycles. The Morgan fingerprint density at radius 1 is 1.32 bits per heavy atom. The quantitative estimate of drug-likeness (QED) is 0.803. The topological polar surface area (TPSA) is 24.1 Å². The van der Waals surface area contributed by atoms with E-state index in [4.69, 9.17) is 0 Å². The van der Waals surface area contributed by atoms with Gasteiger partial charge < -0.3 is 10.6 Å². The molecule has 0 saturated heterocycles. The van der Waals surface area contributed by atoms with Gasteiger partial charge in [0, 0.05) is 23.5 Å². The van der Waals surface area contributed by atoms with Crippen molar-refractivity contribution in [1.29, 1.82) is 0 Å². The Bertz CT molecular complexity index is 396. The first kappa shape index (κ1) is 15.9. The molecule has 1 atom stereocenters. The normalized spacial score (nSPS) is 17.1. The third-order valence-corrected chi connectivity index (χ3v) is 3.51. The first-order valence-electron chi connectivity index (χ1n) is 7.76. The first-order chi connectivity index (χ1) is 9.10. The number of aryl methyl sites for hydroxylation is 2. The highest BCUT2D eigenvalue weighted by molar-refractivity contribution is 5.65. The molecular formula is C17H30N2. The van der Waals surface area contributed by atoms with E-state index in [2.05, 4.69) is 50.5 Å². The molecule has 1 aromatic rings. The molecule has 0 saturated carbocycles. The molecule has 0 amide bonds. The summed E-state index contributed by atoms with van der Waals surface area (Å²) in [7, 11) is 0. The van der Waals surface area contributed by atoms with Crippen molar-refractivity contribution in [2.45, 2.75) is 72.9 Å². The van der Waals surface area contributed by atoms with Crippen LogP contribution in [-0.2, 0) is 6.42 Å². The van der Waals surface area contributed by atoms with Crippen LogP contribution in [0, 0.1) is 6.92 Å². The summed E-state index contributed by atoms with van der Waals surface area (Å²) >= 11 is 0. The van der Waals surface area contributed by atoms with Crippen molar-refractivity contribution in [3.8, 4) is 0 Å². The summed E-state index contributed by atoms with van der Waals surface area (Å²) in [6.45, 7) is 12.8. The van der Waals surface area contributed by atoms with E-state index in [0.29, 0.717) is 12.1 Å². The third kappa shape index (κ3) is 4.15. The molecule has 1 aromatic carbocycles.